The Morgan fingerprint density at radius 3 is 3.00 bits per heavy atom. The highest BCUT2D eigenvalue weighted by Crippen LogP contribution is 2.19. The van der Waals surface area contributed by atoms with Crippen LogP contribution < -0.4 is 5.73 Å². The van der Waals surface area contributed by atoms with Crippen LogP contribution in [-0.2, 0) is 6.42 Å². The minimum Gasteiger partial charge on any atom is -0.441 e. The standard InChI is InChI=1S/C11H14N2O/c1-8-4-2-5-9-11(8)13-10(14-9)6-3-7-12/h2,4-5H,3,6-7,12H2,1H3. The third-order valence-electron chi connectivity index (χ3n) is 2.26. The second-order valence-electron chi connectivity index (χ2n) is 3.42. The Balaban J connectivity index is 2.36. The van der Waals surface area contributed by atoms with E-state index in [9.17, 15) is 0 Å². The van der Waals surface area contributed by atoms with Crippen LogP contribution in [0.3, 0.4) is 0 Å². The summed E-state index contributed by atoms with van der Waals surface area (Å²) < 4.78 is 5.58. The van der Waals surface area contributed by atoms with Gasteiger partial charge in [-0.3, -0.25) is 0 Å². The molecule has 0 saturated carbocycles. The molecule has 0 amide bonds. The third kappa shape index (κ3) is 1.63. The molecule has 1 aromatic heterocycles. The van der Waals surface area contributed by atoms with Gasteiger partial charge in [0.05, 0.1) is 0 Å². The number of fused-ring (bicyclic) bond motifs is 1. The van der Waals surface area contributed by atoms with Crippen molar-refractivity contribution in [3.63, 3.8) is 0 Å². The molecule has 1 heterocycles. The Morgan fingerprint density at radius 2 is 2.29 bits per heavy atom. The Labute approximate surface area is 82.9 Å². The van der Waals surface area contributed by atoms with E-state index in [0.717, 1.165) is 35.4 Å². The van der Waals surface area contributed by atoms with Crippen molar-refractivity contribution >= 4 is 11.1 Å². The number of hydrogen-bond donors (Lipinski definition) is 1. The summed E-state index contributed by atoms with van der Waals surface area (Å²) in [6, 6.07) is 5.97. The zero-order valence-electron chi connectivity index (χ0n) is 8.29. The Hall–Kier alpha value is -1.35. The van der Waals surface area contributed by atoms with E-state index in [0.29, 0.717) is 6.54 Å². The van der Waals surface area contributed by atoms with E-state index in [2.05, 4.69) is 4.98 Å². The van der Waals surface area contributed by atoms with E-state index >= 15 is 0 Å². The van der Waals surface area contributed by atoms with Crippen LogP contribution in [0.1, 0.15) is 17.9 Å². The van der Waals surface area contributed by atoms with Crippen molar-refractivity contribution in [2.24, 2.45) is 5.73 Å². The molecule has 0 aliphatic carbocycles. The summed E-state index contributed by atoms with van der Waals surface area (Å²) in [5.74, 6) is 0.791. The SMILES string of the molecule is Cc1cccc2oc(CCCN)nc12. The maximum atomic E-state index is 5.58. The average Bonchev–Trinajstić information content (AvgIpc) is 2.59. The molecule has 0 bridgehead atoms. The number of aromatic nitrogens is 1. The highest BCUT2D eigenvalue weighted by atomic mass is 16.3. The molecular formula is C11H14N2O. The maximum Gasteiger partial charge on any atom is 0.195 e. The van der Waals surface area contributed by atoms with Gasteiger partial charge >= 0.3 is 0 Å². The smallest absolute Gasteiger partial charge is 0.195 e. The van der Waals surface area contributed by atoms with Crippen LogP contribution in [0.5, 0.6) is 0 Å². The summed E-state index contributed by atoms with van der Waals surface area (Å²) in [7, 11) is 0. The molecule has 1 aromatic carbocycles. The first-order valence-electron chi connectivity index (χ1n) is 4.86. The molecule has 14 heavy (non-hydrogen) atoms. The Morgan fingerprint density at radius 1 is 1.43 bits per heavy atom. The van der Waals surface area contributed by atoms with E-state index < -0.39 is 0 Å². The minimum atomic E-state index is 0.678. The number of nitrogens with zero attached hydrogens (tertiary/aromatic N) is 1. The van der Waals surface area contributed by atoms with Crippen LogP contribution in [0.2, 0.25) is 0 Å². The number of hydrogen-bond acceptors (Lipinski definition) is 3. The van der Waals surface area contributed by atoms with Gasteiger partial charge in [-0.2, -0.15) is 0 Å². The van der Waals surface area contributed by atoms with E-state index in [1.165, 1.54) is 0 Å². The fourth-order valence-electron chi connectivity index (χ4n) is 1.49. The van der Waals surface area contributed by atoms with Gasteiger partial charge in [0.15, 0.2) is 11.5 Å². The molecule has 0 spiro atoms. The van der Waals surface area contributed by atoms with E-state index in [1.54, 1.807) is 0 Å². The monoisotopic (exact) mass is 190 g/mol. The van der Waals surface area contributed by atoms with E-state index in [4.69, 9.17) is 10.2 Å². The molecule has 0 unspecified atom stereocenters. The van der Waals surface area contributed by atoms with Crippen LogP contribution in [0, 0.1) is 6.92 Å². The van der Waals surface area contributed by atoms with Gasteiger partial charge in [0.1, 0.15) is 5.52 Å². The zero-order valence-corrected chi connectivity index (χ0v) is 8.29. The second-order valence-corrected chi connectivity index (χ2v) is 3.42. The summed E-state index contributed by atoms with van der Waals surface area (Å²) in [5, 5.41) is 0. The van der Waals surface area contributed by atoms with Gasteiger partial charge < -0.3 is 10.2 Å². The first-order valence-corrected chi connectivity index (χ1v) is 4.86. The summed E-state index contributed by atoms with van der Waals surface area (Å²) >= 11 is 0. The molecule has 0 fully saturated rings. The van der Waals surface area contributed by atoms with Crippen molar-refractivity contribution in [2.45, 2.75) is 19.8 Å². The van der Waals surface area contributed by atoms with Gasteiger partial charge in [-0.25, -0.2) is 4.98 Å². The molecule has 74 valence electrons. The van der Waals surface area contributed by atoms with Crippen molar-refractivity contribution in [2.75, 3.05) is 6.54 Å². The Kier molecular flexibility index (Phi) is 2.50. The second kappa shape index (κ2) is 3.80. The molecule has 0 atom stereocenters. The molecule has 0 aliphatic heterocycles. The topological polar surface area (TPSA) is 52.0 Å². The number of benzene rings is 1. The van der Waals surface area contributed by atoms with Crippen molar-refractivity contribution < 1.29 is 4.42 Å². The summed E-state index contributed by atoms with van der Waals surface area (Å²) in [4.78, 5) is 4.43. The Bertz CT molecular complexity index is 434. The molecule has 0 aliphatic rings. The lowest BCUT2D eigenvalue weighted by Crippen LogP contribution is -2.00. The summed E-state index contributed by atoms with van der Waals surface area (Å²) in [6.45, 7) is 2.72. The first-order chi connectivity index (χ1) is 6.81. The predicted octanol–water partition coefficient (Wildman–Crippen LogP) is 2.03. The van der Waals surface area contributed by atoms with Crippen LogP contribution in [0.4, 0.5) is 0 Å². The fourth-order valence-corrected chi connectivity index (χ4v) is 1.49. The molecule has 2 rings (SSSR count). The lowest BCUT2D eigenvalue weighted by molar-refractivity contribution is 0.521. The first kappa shape index (κ1) is 9.21. The largest absolute Gasteiger partial charge is 0.441 e. The molecular weight excluding hydrogens is 176 g/mol. The number of para-hydroxylation sites is 1. The van der Waals surface area contributed by atoms with Crippen molar-refractivity contribution in [3.8, 4) is 0 Å². The van der Waals surface area contributed by atoms with Gasteiger partial charge in [0.25, 0.3) is 0 Å². The lowest BCUT2D eigenvalue weighted by atomic mass is 10.2. The molecule has 2 N–H and O–H groups in total. The van der Waals surface area contributed by atoms with E-state index in [-0.39, 0.29) is 0 Å². The van der Waals surface area contributed by atoms with Crippen LogP contribution in [0.15, 0.2) is 22.6 Å². The van der Waals surface area contributed by atoms with E-state index in [1.807, 2.05) is 25.1 Å². The normalized spacial score (nSPS) is 11.0. The molecule has 0 saturated heterocycles. The predicted molar refractivity (Wildman–Crippen MR) is 56.1 cm³/mol. The van der Waals surface area contributed by atoms with Gasteiger partial charge in [-0.05, 0) is 31.5 Å². The summed E-state index contributed by atoms with van der Waals surface area (Å²) in [5.41, 5.74) is 8.43. The number of nitrogens with two attached hydrogens (primary N) is 1. The van der Waals surface area contributed by atoms with Crippen molar-refractivity contribution in [1.29, 1.82) is 0 Å². The van der Waals surface area contributed by atoms with Crippen molar-refractivity contribution in [1.82, 2.24) is 4.98 Å². The molecule has 3 heteroatoms. The zero-order chi connectivity index (χ0) is 9.97. The summed E-state index contributed by atoms with van der Waals surface area (Å²) in [6.07, 6.45) is 1.75. The van der Waals surface area contributed by atoms with Crippen LogP contribution in [0.25, 0.3) is 11.1 Å². The molecule has 2 aromatic rings. The van der Waals surface area contributed by atoms with Gasteiger partial charge in [-0.1, -0.05) is 12.1 Å². The molecule has 3 nitrogen and oxygen atoms in total. The average molecular weight is 190 g/mol. The third-order valence-corrected chi connectivity index (χ3v) is 2.26. The fraction of sp³-hybridized carbons (Fsp3) is 0.364. The number of aryl methyl sites for hydroxylation is 2. The highest BCUT2D eigenvalue weighted by Gasteiger charge is 2.06. The lowest BCUT2D eigenvalue weighted by Gasteiger charge is -1.89. The maximum absolute atomic E-state index is 5.58. The highest BCUT2D eigenvalue weighted by molar-refractivity contribution is 5.76. The minimum absolute atomic E-state index is 0.678. The quantitative estimate of drug-likeness (QED) is 0.805. The van der Waals surface area contributed by atoms with Gasteiger partial charge in [0.2, 0.25) is 0 Å². The van der Waals surface area contributed by atoms with Gasteiger partial charge in [-0.15, -0.1) is 0 Å². The van der Waals surface area contributed by atoms with Crippen LogP contribution >= 0.6 is 0 Å². The number of oxazole rings is 1. The molecule has 0 radical (unpaired) electrons. The number of rotatable bonds is 3. The van der Waals surface area contributed by atoms with Crippen LogP contribution in [-0.4, -0.2) is 11.5 Å². The van der Waals surface area contributed by atoms with Gasteiger partial charge in [0, 0.05) is 6.42 Å². The van der Waals surface area contributed by atoms with Crippen molar-refractivity contribution in [3.05, 3.63) is 29.7 Å².